The molecule has 0 radical (unpaired) electrons. The molecule has 0 spiro atoms. The van der Waals surface area contributed by atoms with Gasteiger partial charge in [-0.25, -0.2) is 0 Å². The molecule has 1 aromatic heterocycles. The van der Waals surface area contributed by atoms with Crippen molar-refractivity contribution in [2.45, 2.75) is 26.2 Å². The fourth-order valence-electron chi connectivity index (χ4n) is 8.94. The van der Waals surface area contributed by atoms with E-state index in [-0.39, 0.29) is 16.8 Å². The van der Waals surface area contributed by atoms with Crippen LogP contribution in [0.15, 0.2) is 187 Å². The number of Topliss-reactive ketones (excluding diaryl/α,β-unsaturated/α-hetero) is 1. The number of anilines is 3. The summed E-state index contributed by atoms with van der Waals surface area (Å²) in [5.74, 6) is -0.187. The Hall–Kier alpha value is -7.83. The fraction of sp³-hybridized carbons (Fsp3) is 0.0702. The van der Waals surface area contributed by atoms with Crippen molar-refractivity contribution in [2.75, 3.05) is 4.90 Å². The molecule has 1 aliphatic heterocycles. The van der Waals surface area contributed by atoms with Crippen molar-refractivity contribution in [3.05, 3.63) is 220 Å². The van der Waals surface area contributed by atoms with Gasteiger partial charge in [-0.15, -0.1) is 11.3 Å². The van der Waals surface area contributed by atoms with Gasteiger partial charge in [0.2, 0.25) is 0 Å². The molecular formula is C57H39N3OS. The molecule has 0 bridgehead atoms. The lowest BCUT2D eigenvalue weighted by Gasteiger charge is -2.40. The molecule has 0 atom stereocenters. The Bertz CT molecular complexity index is 3210. The maximum atomic E-state index is 14.0. The minimum Gasteiger partial charge on any atom is -0.301 e. The van der Waals surface area contributed by atoms with Crippen LogP contribution < -0.4 is 4.90 Å². The summed E-state index contributed by atoms with van der Waals surface area (Å²) in [7, 11) is 0. The zero-order chi connectivity index (χ0) is 42.5. The molecule has 2 aliphatic rings. The molecule has 62 heavy (non-hydrogen) atoms. The monoisotopic (exact) mass is 813 g/mol. The van der Waals surface area contributed by atoms with E-state index in [2.05, 4.69) is 183 Å². The molecule has 294 valence electrons. The fourth-order valence-corrected chi connectivity index (χ4v) is 10.2. The summed E-state index contributed by atoms with van der Waals surface area (Å²) in [4.78, 5) is 17.2. The molecule has 0 amide bonds. The van der Waals surface area contributed by atoms with Crippen LogP contribution >= 0.6 is 11.3 Å². The highest BCUT2D eigenvalue weighted by atomic mass is 32.1. The van der Waals surface area contributed by atoms with Crippen molar-refractivity contribution in [1.82, 2.24) is 0 Å². The number of thiophene rings is 1. The molecule has 0 N–H and O–H groups in total. The number of carbonyl (C=O) groups excluding carboxylic acids is 1. The number of hydrogen-bond acceptors (Lipinski definition) is 5. The zero-order valence-corrected chi connectivity index (χ0v) is 35.3. The zero-order valence-electron chi connectivity index (χ0n) is 34.5. The highest BCUT2D eigenvalue weighted by Gasteiger charge is 2.39. The first-order chi connectivity index (χ1) is 30.2. The number of rotatable bonds is 6. The van der Waals surface area contributed by atoms with Gasteiger partial charge in [-0.05, 0) is 105 Å². The molecule has 0 fully saturated rings. The maximum Gasteiger partial charge on any atom is 0.194 e. The van der Waals surface area contributed by atoms with Crippen LogP contribution in [0.25, 0.3) is 56.2 Å². The lowest BCUT2D eigenvalue weighted by atomic mass is 9.75. The van der Waals surface area contributed by atoms with Gasteiger partial charge in [0.1, 0.15) is 22.7 Å². The van der Waals surface area contributed by atoms with E-state index >= 15 is 0 Å². The summed E-state index contributed by atoms with van der Waals surface area (Å²) in [6, 6.07) is 65.7. The quantitative estimate of drug-likeness (QED) is 0.124. The Kier molecular flexibility index (Phi) is 9.49. The number of fused-ring (bicyclic) bond motifs is 3. The van der Waals surface area contributed by atoms with Crippen LogP contribution in [0.1, 0.15) is 51.3 Å². The molecule has 0 unspecified atom stereocenters. The van der Waals surface area contributed by atoms with E-state index in [1.807, 2.05) is 30.3 Å². The number of benzene rings is 7. The van der Waals surface area contributed by atoms with Gasteiger partial charge in [0.25, 0.3) is 0 Å². The first-order valence-corrected chi connectivity index (χ1v) is 21.5. The highest BCUT2D eigenvalue weighted by molar-refractivity contribution is 7.17. The largest absolute Gasteiger partial charge is 0.301 e. The van der Waals surface area contributed by atoms with Crippen molar-refractivity contribution in [1.29, 1.82) is 10.5 Å². The topological polar surface area (TPSA) is 67.9 Å². The number of nitriles is 2. The van der Waals surface area contributed by atoms with Gasteiger partial charge in [0.05, 0.1) is 5.69 Å². The van der Waals surface area contributed by atoms with Gasteiger partial charge < -0.3 is 4.90 Å². The highest BCUT2D eigenvalue weighted by Crippen LogP contribution is 2.56. The molecule has 0 saturated carbocycles. The number of aryl methyl sites for hydroxylation is 1. The molecule has 2 heterocycles. The second-order valence-corrected chi connectivity index (χ2v) is 17.5. The van der Waals surface area contributed by atoms with E-state index in [4.69, 9.17) is 0 Å². The third kappa shape index (κ3) is 6.57. The van der Waals surface area contributed by atoms with Crippen molar-refractivity contribution in [2.24, 2.45) is 0 Å². The number of allylic oxidation sites excluding steroid dienone is 3. The lowest BCUT2D eigenvalue weighted by molar-refractivity contribution is 0.104. The minimum absolute atomic E-state index is 0.0710. The van der Waals surface area contributed by atoms with E-state index in [1.54, 1.807) is 17.4 Å². The van der Waals surface area contributed by atoms with Crippen LogP contribution in [-0.4, -0.2) is 5.78 Å². The lowest BCUT2D eigenvalue weighted by Crippen LogP contribution is -2.29. The van der Waals surface area contributed by atoms with Crippen molar-refractivity contribution in [3.8, 4) is 56.6 Å². The van der Waals surface area contributed by atoms with Crippen molar-refractivity contribution in [3.63, 3.8) is 0 Å². The van der Waals surface area contributed by atoms with Gasteiger partial charge in [-0.1, -0.05) is 165 Å². The molecular weight excluding hydrogens is 775 g/mol. The van der Waals surface area contributed by atoms with Crippen molar-refractivity contribution >= 4 is 45.1 Å². The average molecular weight is 814 g/mol. The Morgan fingerprint density at radius 2 is 1.06 bits per heavy atom. The predicted molar refractivity (Wildman–Crippen MR) is 255 cm³/mol. The summed E-state index contributed by atoms with van der Waals surface area (Å²) < 4.78 is 0. The summed E-state index contributed by atoms with van der Waals surface area (Å²) in [5.41, 5.74) is 16.2. The predicted octanol–water partition coefficient (Wildman–Crippen LogP) is 14.9. The Labute approximate surface area is 366 Å². The van der Waals surface area contributed by atoms with Crippen LogP contribution in [0.2, 0.25) is 0 Å². The second kappa shape index (κ2) is 15.3. The first-order valence-electron chi connectivity index (χ1n) is 20.6. The van der Waals surface area contributed by atoms with Gasteiger partial charge in [0, 0.05) is 32.7 Å². The number of para-hydroxylation sites is 1. The van der Waals surface area contributed by atoms with Gasteiger partial charge in [-0.3, -0.25) is 4.79 Å². The van der Waals surface area contributed by atoms with E-state index in [0.29, 0.717) is 22.3 Å². The minimum atomic E-state index is -0.374. The summed E-state index contributed by atoms with van der Waals surface area (Å²) >= 11 is 1.61. The van der Waals surface area contributed by atoms with Gasteiger partial charge in [0.15, 0.2) is 5.78 Å². The van der Waals surface area contributed by atoms with Crippen LogP contribution in [-0.2, 0) is 5.41 Å². The van der Waals surface area contributed by atoms with Crippen LogP contribution in [0.3, 0.4) is 0 Å². The summed E-state index contributed by atoms with van der Waals surface area (Å²) in [5, 5.41) is 21.1. The molecule has 5 heteroatoms. The van der Waals surface area contributed by atoms with Crippen LogP contribution in [0, 0.1) is 29.6 Å². The molecule has 8 aromatic rings. The number of nitrogens with zero attached hydrogens (tertiary/aromatic N) is 3. The van der Waals surface area contributed by atoms with E-state index in [0.717, 1.165) is 60.2 Å². The molecule has 10 rings (SSSR count). The first kappa shape index (κ1) is 38.4. The molecule has 1 aliphatic carbocycles. The normalized spacial score (nSPS) is 14.1. The molecule has 4 nitrogen and oxygen atoms in total. The van der Waals surface area contributed by atoms with E-state index in [9.17, 15) is 15.3 Å². The third-order valence-corrected chi connectivity index (χ3v) is 13.3. The second-order valence-electron chi connectivity index (χ2n) is 16.4. The summed E-state index contributed by atoms with van der Waals surface area (Å²) in [6.07, 6.45) is 1.88. The third-order valence-electron chi connectivity index (χ3n) is 12.2. The number of carbonyl (C=O) groups is 1. The molecule has 7 aromatic carbocycles. The van der Waals surface area contributed by atoms with E-state index in [1.165, 1.54) is 22.3 Å². The molecule has 0 saturated heterocycles. The van der Waals surface area contributed by atoms with Crippen molar-refractivity contribution < 1.29 is 4.79 Å². The van der Waals surface area contributed by atoms with Gasteiger partial charge >= 0.3 is 0 Å². The number of hydrogen-bond donors (Lipinski definition) is 0. The SMILES string of the molecule is Cc1ccc(-c2ccc(-c3cc(-c4ccc(-c5ccccc5)cc4)cc(N4c5ccccc5C(C)(C)c5cc(/C=C6\C(=O)c7ccccc7C6=C(C#N)C#N)sc54)c3)cc2)cc1. The van der Waals surface area contributed by atoms with Crippen LogP contribution in [0.5, 0.6) is 0 Å². The van der Waals surface area contributed by atoms with Crippen LogP contribution in [0.4, 0.5) is 16.4 Å². The Morgan fingerprint density at radius 1 is 0.565 bits per heavy atom. The maximum absolute atomic E-state index is 14.0. The number of ketones is 1. The smallest absolute Gasteiger partial charge is 0.194 e. The summed E-state index contributed by atoms with van der Waals surface area (Å²) in [6.45, 7) is 6.61. The van der Waals surface area contributed by atoms with Gasteiger partial charge in [-0.2, -0.15) is 10.5 Å². The Balaban J connectivity index is 1.15. The van der Waals surface area contributed by atoms with E-state index < -0.39 is 0 Å². The standard InChI is InChI=1S/C57H39N3OS/c1-36-17-19-38(20-18-36)40-23-27-42(28-24-40)44-29-43(41-25-21-39(22-26-41)37-11-5-4-6-12-37)30-46(31-44)60-53-16-10-9-15-51(53)57(2,3)52-33-47(62-56(52)60)32-50-54(45(34-58)35-59)48-13-7-8-14-49(48)55(50)61/h4-33H,1-3H3/b50-32-. The average Bonchev–Trinajstić information content (AvgIpc) is 3.86. The Morgan fingerprint density at radius 3 is 1.66 bits per heavy atom.